The van der Waals surface area contributed by atoms with Crippen LogP contribution in [0.2, 0.25) is 0 Å². The second kappa shape index (κ2) is 4.86. The van der Waals surface area contributed by atoms with Crippen molar-refractivity contribution in [3.63, 3.8) is 0 Å². The van der Waals surface area contributed by atoms with E-state index in [0.29, 0.717) is 0 Å². The fraction of sp³-hybridized carbons (Fsp3) is 0.200. The van der Waals surface area contributed by atoms with Gasteiger partial charge in [0, 0.05) is 6.20 Å². The molecule has 0 spiro atoms. The number of terminal acetylenes is 1. The van der Waals surface area contributed by atoms with Crippen molar-refractivity contribution >= 4 is 11.9 Å². The third-order valence-corrected chi connectivity index (χ3v) is 1.75. The SMILES string of the molecule is C#CCNC(=O)Cn1cccc1C(=O)O. The van der Waals surface area contributed by atoms with Gasteiger partial charge in [-0.25, -0.2) is 4.79 Å². The first kappa shape index (κ1) is 10.9. The molecule has 15 heavy (non-hydrogen) atoms. The fourth-order valence-corrected chi connectivity index (χ4v) is 1.11. The molecule has 1 rings (SSSR count). The Labute approximate surface area is 86.7 Å². The lowest BCUT2D eigenvalue weighted by Crippen LogP contribution is -2.28. The standard InChI is InChI=1S/C10H10N2O3/c1-2-5-11-9(13)7-12-6-3-4-8(12)10(14)15/h1,3-4,6H,5,7H2,(H,11,13)(H,14,15). The molecule has 0 radical (unpaired) electrons. The number of hydrogen-bond acceptors (Lipinski definition) is 2. The van der Waals surface area contributed by atoms with Crippen molar-refractivity contribution < 1.29 is 14.7 Å². The molecule has 2 N–H and O–H groups in total. The van der Waals surface area contributed by atoms with Gasteiger partial charge in [-0.05, 0) is 12.1 Å². The average molecular weight is 206 g/mol. The quantitative estimate of drug-likeness (QED) is 0.678. The summed E-state index contributed by atoms with van der Waals surface area (Å²) in [5.74, 6) is 0.880. The van der Waals surface area contributed by atoms with Crippen LogP contribution in [0, 0.1) is 12.3 Å². The number of carboxylic acids is 1. The molecule has 0 atom stereocenters. The van der Waals surface area contributed by atoms with E-state index < -0.39 is 5.97 Å². The summed E-state index contributed by atoms with van der Waals surface area (Å²) in [4.78, 5) is 21.9. The zero-order valence-electron chi connectivity index (χ0n) is 7.93. The number of hydrogen-bond donors (Lipinski definition) is 2. The number of aromatic carboxylic acids is 1. The van der Waals surface area contributed by atoms with Crippen molar-refractivity contribution in [1.29, 1.82) is 0 Å². The largest absolute Gasteiger partial charge is 0.477 e. The van der Waals surface area contributed by atoms with Gasteiger partial charge in [0.2, 0.25) is 5.91 Å². The van der Waals surface area contributed by atoms with E-state index in [1.807, 2.05) is 0 Å². The Morgan fingerprint density at radius 3 is 2.93 bits per heavy atom. The van der Waals surface area contributed by atoms with Gasteiger partial charge in [0.15, 0.2) is 0 Å². The average Bonchev–Trinajstić information content (AvgIpc) is 2.62. The summed E-state index contributed by atoms with van der Waals surface area (Å²) >= 11 is 0. The molecule has 1 aromatic rings. The van der Waals surface area contributed by atoms with Gasteiger partial charge in [-0.15, -0.1) is 6.42 Å². The third-order valence-electron chi connectivity index (χ3n) is 1.75. The summed E-state index contributed by atoms with van der Waals surface area (Å²) in [6, 6.07) is 2.99. The van der Waals surface area contributed by atoms with Crippen LogP contribution in [-0.2, 0) is 11.3 Å². The highest BCUT2D eigenvalue weighted by molar-refractivity contribution is 5.86. The van der Waals surface area contributed by atoms with Crippen molar-refractivity contribution in [2.75, 3.05) is 6.54 Å². The topological polar surface area (TPSA) is 71.3 Å². The van der Waals surface area contributed by atoms with Crippen molar-refractivity contribution in [3.8, 4) is 12.3 Å². The Kier molecular flexibility index (Phi) is 3.52. The zero-order valence-corrected chi connectivity index (χ0v) is 7.93. The van der Waals surface area contributed by atoms with Gasteiger partial charge < -0.3 is 15.0 Å². The predicted octanol–water partition coefficient (Wildman–Crippen LogP) is -0.0643. The molecule has 0 aliphatic rings. The molecule has 0 fully saturated rings. The van der Waals surface area contributed by atoms with Gasteiger partial charge in [-0.1, -0.05) is 5.92 Å². The zero-order chi connectivity index (χ0) is 11.3. The maximum absolute atomic E-state index is 11.2. The number of carbonyl (C=O) groups is 2. The lowest BCUT2D eigenvalue weighted by Gasteiger charge is -2.05. The van der Waals surface area contributed by atoms with Crippen LogP contribution in [0.15, 0.2) is 18.3 Å². The van der Waals surface area contributed by atoms with Crippen molar-refractivity contribution in [3.05, 3.63) is 24.0 Å². The van der Waals surface area contributed by atoms with Gasteiger partial charge in [0.25, 0.3) is 0 Å². The molecule has 5 nitrogen and oxygen atoms in total. The summed E-state index contributed by atoms with van der Waals surface area (Å²) in [6.07, 6.45) is 6.49. The molecule has 0 aromatic carbocycles. The van der Waals surface area contributed by atoms with E-state index >= 15 is 0 Å². The van der Waals surface area contributed by atoms with Crippen LogP contribution in [0.1, 0.15) is 10.5 Å². The molecule has 1 heterocycles. The fourth-order valence-electron chi connectivity index (χ4n) is 1.11. The second-order valence-electron chi connectivity index (χ2n) is 2.81. The molecule has 0 bridgehead atoms. The summed E-state index contributed by atoms with van der Waals surface area (Å²) in [7, 11) is 0. The van der Waals surface area contributed by atoms with Crippen molar-refractivity contribution in [2.45, 2.75) is 6.54 Å². The Balaban J connectivity index is 2.65. The summed E-state index contributed by atoms with van der Waals surface area (Å²) < 4.78 is 1.34. The van der Waals surface area contributed by atoms with Gasteiger partial charge in [0.1, 0.15) is 12.2 Å². The summed E-state index contributed by atoms with van der Waals surface area (Å²) in [5.41, 5.74) is 0.0749. The summed E-state index contributed by atoms with van der Waals surface area (Å²) in [6.45, 7) is 0.0961. The second-order valence-corrected chi connectivity index (χ2v) is 2.81. The minimum atomic E-state index is -1.07. The molecular formula is C10H10N2O3. The predicted molar refractivity (Wildman–Crippen MR) is 53.2 cm³/mol. The Morgan fingerprint density at radius 1 is 1.60 bits per heavy atom. The monoisotopic (exact) mass is 206 g/mol. The molecule has 1 amide bonds. The van der Waals surface area contributed by atoms with Crippen LogP contribution in [0.5, 0.6) is 0 Å². The number of aromatic nitrogens is 1. The van der Waals surface area contributed by atoms with Crippen LogP contribution < -0.4 is 5.32 Å². The first-order valence-electron chi connectivity index (χ1n) is 4.23. The molecule has 1 aromatic heterocycles. The molecule has 0 unspecified atom stereocenters. The maximum Gasteiger partial charge on any atom is 0.352 e. The van der Waals surface area contributed by atoms with Gasteiger partial charge in [0.05, 0.1) is 6.54 Å². The van der Waals surface area contributed by atoms with Crippen LogP contribution in [0.25, 0.3) is 0 Å². The van der Waals surface area contributed by atoms with Crippen molar-refractivity contribution in [1.82, 2.24) is 9.88 Å². The molecule has 0 saturated carbocycles. The van der Waals surface area contributed by atoms with E-state index in [4.69, 9.17) is 11.5 Å². The highest BCUT2D eigenvalue weighted by atomic mass is 16.4. The van der Waals surface area contributed by atoms with Crippen LogP contribution in [-0.4, -0.2) is 28.1 Å². The smallest absolute Gasteiger partial charge is 0.352 e. The van der Waals surface area contributed by atoms with Crippen LogP contribution in [0.4, 0.5) is 0 Å². The van der Waals surface area contributed by atoms with Crippen LogP contribution in [0.3, 0.4) is 0 Å². The number of nitrogens with zero attached hydrogens (tertiary/aromatic N) is 1. The lowest BCUT2D eigenvalue weighted by atomic mass is 10.4. The molecule has 0 aliphatic heterocycles. The summed E-state index contributed by atoms with van der Waals surface area (Å²) in [5, 5.41) is 11.2. The normalized spacial score (nSPS) is 9.27. The number of carboxylic acid groups (broad SMARTS) is 1. The van der Waals surface area contributed by atoms with Gasteiger partial charge in [-0.3, -0.25) is 4.79 Å². The minimum Gasteiger partial charge on any atom is -0.477 e. The van der Waals surface area contributed by atoms with Gasteiger partial charge in [-0.2, -0.15) is 0 Å². The number of carbonyl (C=O) groups excluding carboxylic acids is 1. The van der Waals surface area contributed by atoms with E-state index in [0.717, 1.165) is 0 Å². The maximum atomic E-state index is 11.2. The van der Waals surface area contributed by atoms with E-state index in [2.05, 4.69) is 11.2 Å². The van der Waals surface area contributed by atoms with E-state index in [-0.39, 0.29) is 24.7 Å². The molecule has 78 valence electrons. The van der Waals surface area contributed by atoms with Crippen LogP contribution >= 0.6 is 0 Å². The Morgan fingerprint density at radius 2 is 2.33 bits per heavy atom. The highest BCUT2D eigenvalue weighted by Gasteiger charge is 2.10. The molecular weight excluding hydrogens is 196 g/mol. The minimum absolute atomic E-state index is 0.0453. The van der Waals surface area contributed by atoms with Crippen molar-refractivity contribution in [2.24, 2.45) is 0 Å². The van der Waals surface area contributed by atoms with E-state index in [1.165, 1.54) is 16.8 Å². The highest BCUT2D eigenvalue weighted by Crippen LogP contribution is 2.01. The number of amides is 1. The molecule has 5 heteroatoms. The van der Waals surface area contributed by atoms with E-state index in [9.17, 15) is 9.59 Å². The number of rotatable bonds is 4. The lowest BCUT2D eigenvalue weighted by molar-refractivity contribution is -0.121. The molecule has 0 saturated heterocycles. The van der Waals surface area contributed by atoms with Gasteiger partial charge >= 0.3 is 5.97 Å². The van der Waals surface area contributed by atoms with E-state index in [1.54, 1.807) is 6.07 Å². The molecule has 0 aliphatic carbocycles. The number of nitrogens with one attached hydrogen (secondary N) is 1. The third kappa shape index (κ3) is 2.88. The first-order chi connectivity index (χ1) is 7.15. The Hall–Kier alpha value is -2.22. The Bertz CT molecular complexity index is 415. The first-order valence-corrected chi connectivity index (χ1v) is 4.23.